The molecule has 3 heterocycles. The number of carbonyl (C=O) groups excluding carboxylic acids is 1. The summed E-state index contributed by atoms with van der Waals surface area (Å²) in [5.41, 5.74) is 3.96. The molecule has 1 fully saturated rings. The Labute approximate surface area is 160 Å². The fourth-order valence-electron chi connectivity index (χ4n) is 3.91. The van der Waals surface area contributed by atoms with Crippen molar-refractivity contribution < 1.29 is 14.1 Å². The smallest absolute Gasteiger partial charge is 0.259 e. The van der Waals surface area contributed by atoms with Crippen molar-refractivity contribution in [2.45, 2.75) is 39.7 Å². The Morgan fingerprint density at radius 1 is 1.22 bits per heavy atom. The summed E-state index contributed by atoms with van der Waals surface area (Å²) in [6.07, 6.45) is 1.00. The largest absolute Gasteiger partial charge is 0.493 e. The standard InChI is InChI=1S/C21H27N3O3/c1-14(2)20-19(15(3)22-27-20)21(25)24-9-7-23(8-10-24)13-16-4-5-18-17(12-16)6-11-26-18/h4-5,12,14H,6-11,13H2,1-3H3. The Bertz CT molecular complexity index is 835. The molecular formula is C21H27N3O3. The van der Waals surface area contributed by atoms with E-state index in [2.05, 4.69) is 28.3 Å². The van der Waals surface area contributed by atoms with E-state index in [1.54, 1.807) is 0 Å². The number of hydrogen-bond donors (Lipinski definition) is 0. The third-order valence-electron chi connectivity index (χ3n) is 5.45. The Morgan fingerprint density at radius 3 is 2.74 bits per heavy atom. The third kappa shape index (κ3) is 3.58. The first-order valence-electron chi connectivity index (χ1n) is 9.75. The molecule has 144 valence electrons. The molecule has 2 aliphatic heterocycles. The van der Waals surface area contributed by atoms with Crippen molar-refractivity contribution in [3.8, 4) is 5.75 Å². The molecule has 4 rings (SSSR count). The van der Waals surface area contributed by atoms with Crippen molar-refractivity contribution in [2.75, 3.05) is 32.8 Å². The van der Waals surface area contributed by atoms with Gasteiger partial charge in [-0.15, -0.1) is 0 Å². The maximum absolute atomic E-state index is 13.0. The van der Waals surface area contributed by atoms with Crippen molar-refractivity contribution >= 4 is 5.91 Å². The molecule has 1 saturated heterocycles. The first-order valence-corrected chi connectivity index (χ1v) is 9.75. The van der Waals surface area contributed by atoms with Gasteiger partial charge in [-0.1, -0.05) is 31.1 Å². The van der Waals surface area contributed by atoms with Gasteiger partial charge < -0.3 is 14.2 Å². The van der Waals surface area contributed by atoms with Crippen LogP contribution in [0.3, 0.4) is 0 Å². The maximum Gasteiger partial charge on any atom is 0.259 e. The summed E-state index contributed by atoms with van der Waals surface area (Å²) in [4.78, 5) is 17.3. The van der Waals surface area contributed by atoms with Crippen molar-refractivity contribution in [2.24, 2.45) is 0 Å². The van der Waals surface area contributed by atoms with Crippen LogP contribution in [0.1, 0.15) is 52.7 Å². The molecule has 1 amide bonds. The molecule has 0 atom stereocenters. The molecule has 0 unspecified atom stereocenters. The van der Waals surface area contributed by atoms with Gasteiger partial charge in [0.15, 0.2) is 5.76 Å². The minimum Gasteiger partial charge on any atom is -0.493 e. The van der Waals surface area contributed by atoms with Gasteiger partial charge >= 0.3 is 0 Å². The number of rotatable bonds is 4. The SMILES string of the molecule is Cc1noc(C(C)C)c1C(=O)N1CCN(Cc2ccc3c(c2)CCO3)CC1. The number of ether oxygens (including phenoxy) is 1. The maximum atomic E-state index is 13.0. The first kappa shape index (κ1) is 18.0. The van der Waals surface area contributed by atoms with E-state index >= 15 is 0 Å². The highest BCUT2D eigenvalue weighted by Gasteiger charge is 2.29. The Kier molecular flexibility index (Phi) is 4.91. The Morgan fingerprint density at radius 2 is 2.00 bits per heavy atom. The van der Waals surface area contributed by atoms with E-state index in [-0.39, 0.29) is 11.8 Å². The van der Waals surface area contributed by atoms with Gasteiger partial charge in [-0.05, 0) is 24.1 Å². The Balaban J connectivity index is 1.38. The number of amides is 1. The first-order chi connectivity index (χ1) is 13.0. The lowest BCUT2D eigenvalue weighted by molar-refractivity contribution is 0.0625. The van der Waals surface area contributed by atoms with Gasteiger partial charge in [0.05, 0.1) is 12.3 Å². The molecule has 27 heavy (non-hydrogen) atoms. The quantitative estimate of drug-likeness (QED) is 0.829. The molecule has 0 radical (unpaired) electrons. The molecule has 0 saturated carbocycles. The van der Waals surface area contributed by atoms with Gasteiger partial charge in [-0.3, -0.25) is 9.69 Å². The zero-order valence-corrected chi connectivity index (χ0v) is 16.3. The van der Waals surface area contributed by atoms with Crippen LogP contribution in [-0.4, -0.2) is 53.6 Å². The molecule has 6 heteroatoms. The number of fused-ring (bicyclic) bond motifs is 1. The molecule has 0 bridgehead atoms. The number of aryl methyl sites for hydroxylation is 1. The predicted octanol–water partition coefficient (Wildman–Crippen LogP) is 3.00. The molecule has 1 aromatic heterocycles. The highest BCUT2D eigenvalue weighted by atomic mass is 16.5. The molecule has 6 nitrogen and oxygen atoms in total. The summed E-state index contributed by atoms with van der Waals surface area (Å²) >= 11 is 0. The number of piperazine rings is 1. The summed E-state index contributed by atoms with van der Waals surface area (Å²) in [7, 11) is 0. The van der Waals surface area contributed by atoms with Crippen molar-refractivity contribution in [3.63, 3.8) is 0 Å². The lowest BCUT2D eigenvalue weighted by Gasteiger charge is -2.34. The zero-order chi connectivity index (χ0) is 19.0. The lowest BCUT2D eigenvalue weighted by Crippen LogP contribution is -2.48. The van der Waals surface area contributed by atoms with Crippen molar-refractivity contribution in [3.05, 3.63) is 46.3 Å². The highest BCUT2D eigenvalue weighted by molar-refractivity contribution is 5.96. The zero-order valence-electron chi connectivity index (χ0n) is 16.3. The number of hydrogen-bond acceptors (Lipinski definition) is 5. The van der Waals surface area contributed by atoms with Crippen LogP contribution in [0.25, 0.3) is 0 Å². The molecular weight excluding hydrogens is 342 g/mol. The normalized spacial score (nSPS) is 17.3. The van der Waals surface area contributed by atoms with E-state index in [0.29, 0.717) is 17.0 Å². The molecule has 1 aromatic carbocycles. The molecule has 2 aromatic rings. The van der Waals surface area contributed by atoms with Gasteiger partial charge in [0.1, 0.15) is 11.3 Å². The molecule has 0 aliphatic carbocycles. The summed E-state index contributed by atoms with van der Waals surface area (Å²) in [6, 6.07) is 6.49. The van der Waals surface area contributed by atoms with Crippen LogP contribution < -0.4 is 4.74 Å². The van der Waals surface area contributed by atoms with Gasteiger partial charge in [0.25, 0.3) is 5.91 Å². The van der Waals surface area contributed by atoms with Crippen LogP contribution in [0.5, 0.6) is 5.75 Å². The van der Waals surface area contributed by atoms with Crippen molar-refractivity contribution in [1.29, 1.82) is 0 Å². The third-order valence-corrected chi connectivity index (χ3v) is 5.45. The van der Waals surface area contributed by atoms with Crippen LogP contribution in [0.4, 0.5) is 0 Å². The number of aromatic nitrogens is 1. The predicted molar refractivity (Wildman–Crippen MR) is 102 cm³/mol. The number of nitrogens with zero attached hydrogens (tertiary/aromatic N) is 3. The van der Waals surface area contributed by atoms with Crippen LogP contribution in [-0.2, 0) is 13.0 Å². The average Bonchev–Trinajstić information content (AvgIpc) is 3.27. The van der Waals surface area contributed by atoms with E-state index in [1.165, 1.54) is 11.1 Å². The second-order valence-corrected chi connectivity index (χ2v) is 7.77. The number of carbonyl (C=O) groups is 1. The summed E-state index contributed by atoms with van der Waals surface area (Å²) < 4.78 is 11.0. The fraction of sp³-hybridized carbons (Fsp3) is 0.524. The number of benzene rings is 1. The van der Waals surface area contributed by atoms with E-state index in [4.69, 9.17) is 9.26 Å². The summed E-state index contributed by atoms with van der Waals surface area (Å²) in [6.45, 7) is 10.8. The van der Waals surface area contributed by atoms with Crippen LogP contribution in [0.15, 0.2) is 22.7 Å². The van der Waals surface area contributed by atoms with Gasteiger partial charge in [0.2, 0.25) is 0 Å². The van der Waals surface area contributed by atoms with E-state index in [9.17, 15) is 4.79 Å². The lowest BCUT2D eigenvalue weighted by atomic mass is 10.0. The van der Waals surface area contributed by atoms with Crippen LogP contribution in [0, 0.1) is 6.92 Å². The monoisotopic (exact) mass is 369 g/mol. The highest BCUT2D eigenvalue weighted by Crippen LogP contribution is 2.27. The second kappa shape index (κ2) is 7.35. The topological polar surface area (TPSA) is 58.8 Å². The van der Waals surface area contributed by atoms with E-state index in [0.717, 1.165) is 51.5 Å². The molecule has 2 aliphatic rings. The van der Waals surface area contributed by atoms with E-state index in [1.807, 2.05) is 25.7 Å². The minimum atomic E-state index is 0.0479. The molecule has 0 spiro atoms. The average molecular weight is 369 g/mol. The Hall–Kier alpha value is -2.34. The van der Waals surface area contributed by atoms with Crippen LogP contribution in [0.2, 0.25) is 0 Å². The van der Waals surface area contributed by atoms with E-state index < -0.39 is 0 Å². The van der Waals surface area contributed by atoms with Gasteiger partial charge in [0, 0.05) is 45.1 Å². The van der Waals surface area contributed by atoms with Crippen molar-refractivity contribution in [1.82, 2.24) is 15.0 Å². The van der Waals surface area contributed by atoms with Crippen LogP contribution >= 0.6 is 0 Å². The van der Waals surface area contributed by atoms with Gasteiger partial charge in [-0.25, -0.2) is 0 Å². The minimum absolute atomic E-state index is 0.0479. The second-order valence-electron chi connectivity index (χ2n) is 7.77. The fourth-order valence-corrected chi connectivity index (χ4v) is 3.91. The molecule has 0 N–H and O–H groups in total. The summed E-state index contributed by atoms with van der Waals surface area (Å²) in [5.74, 6) is 1.92. The van der Waals surface area contributed by atoms with Gasteiger partial charge in [-0.2, -0.15) is 0 Å². The summed E-state index contributed by atoms with van der Waals surface area (Å²) in [5, 5.41) is 4.01.